The van der Waals surface area contributed by atoms with Crippen LogP contribution in [0, 0.1) is 6.92 Å². The molecule has 36 heavy (non-hydrogen) atoms. The predicted octanol–water partition coefficient (Wildman–Crippen LogP) is 6.10. The molecule has 0 fully saturated rings. The van der Waals surface area contributed by atoms with Crippen LogP contribution in [-0.4, -0.2) is 34.0 Å². The fourth-order valence-electron chi connectivity index (χ4n) is 3.35. The van der Waals surface area contributed by atoms with E-state index in [4.69, 9.17) is 9.57 Å². The Bertz CT molecular complexity index is 1250. The average molecular weight is 528 g/mol. The van der Waals surface area contributed by atoms with Crippen LogP contribution in [0.25, 0.3) is 0 Å². The SMILES string of the molecule is Cc1ncc(Oc2cccc(C(F)(F)F)c2)c(C2=NOC[C@@H](Cc3ccc(SC(F)(F)F)cc3)N2)n1. The molecule has 13 heteroatoms. The Morgan fingerprint density at radius 2 is 1.83 bits per heavy atom. The van der Waals surface area contributed by atoms with E-state index in [1.807, 2.05) is 0 Å². The number of benzene rings is 2. The molecule has 1 atom stereocenters. The first-order valence-electron chi connectivity index (χ1n) is 10.5. The molecule has 0 aliphatic carbocycles. The van der Waals surface area contributed by atoms with E-state index in [0.717, 1.165) is 17.7 Å². The van der Waals surface area contributed by atoms with E-state index in [9.17, 15) is 26.3 Å². The molecule has 2 heterocycles. The highest BCUT2D eigenvalue weighted by molar-refractivity contribution is 8.00. The summed E-state index contributed by atoms with van der Waals surface area (Å²) in [5.41, 5.74) is -4.29. The topological polar surface area (TPSA) is 68.6 Å². The third kappa shape index (κ3) is 6.80. The van der Waals surface area contributed by atoms with Gasteiger partial charge in [-0.25, -0.2) is 9.97 Å². The Labute approximate surface area is 205 Å². The van der Waals surface area contributed by atoms with E-state index in [1.165, 1.54) is 30.5 Å². The third-order valence-electron chi connectivity index (χ3n) is 4.90. The number of hydrogen-bond acceptors (Lipinski definition) is 7. The van der Waals surface area contributed by atoms with E-state index in [-0.39, 0.29) is 52.3 Å². The molecule has 1 aromatic heterocycles. The van der Waals surface area contributed by atoms with Crippen LogP contribution in [0.2, 0.25) is 0 Å². The molecule has 0 amide bonds. The number of ether oxygens (including phenoxy) is 1. The number of nitrogens with one attached hydrogen (secondary N) is 1. The van der Waals surface area contributed by atoms with Crippen molar-refractivity contribution < 1.29 is 35.9 Å². The molecule has 1 N–H and O–H groups in total. The summed E-state index contributed by atoms with van der Waals surface area (Å²) in [5, 5.41) is 7.12. The molecule has 0 saturated carbocycles. The quantitative estimate of drug-likeness (QED) is 0.308. The van der Waals surface area contributed by atoms with Gasteiger partial charge in [0.15, 0.2) is 17.3 Å². The molecule has 0 radical (unpaired) electrons. The number of oxime groups is 1. The fraction of sp³-hybridized carbons (Fsp3) is 0.261. The zero-order chi connectivity index (χ0) is 25.9. The molecule has 6 nitrogen and oxygen atoms in total. The number of hydrogen-bond donors (Lipinski definition) is 1. The lowest BCUT2D eigenvalue weighted by atomic mass is 10.1. The first-order chi connectivity index (χ1) is 17.0. The second-order valence-corrected chi connectivity index (χ2v) is 8.87. The van der Waals surface area contributed by atoms with Gasteiger partial charge in [0.1, 0.15) is 18.2 Å². The molecule has 3 aromatic rings. The Kier molecular flexibility index (Phi) is 7.29. The minimum absolute atomic E-state index is 0.0592. The number of nitrogens with zero attached hydrogens (tertiary/aromatic N) is 3. The van der Waals surface area contributed by atoms with Crippen LogP contribution < -0.4 is 10.1 Å². The molecule has 0 bridgehead atoms. The summed E-state index contributed by atoms with van der Waals surface area (Å²) in [6.45, 7) is 1.80. The van der Waals surface area contributed by atoms with E-state index in [1.54, 1.807) is 19.1 Å². The maximum atomic E-state index is 13.1. The lowest BCUT2D eigenvalue weighted by Crippen LogP contribution is -2.43. The van der Waals surface area contributed by atoms with E-state index < -0.39 is 17.2 Å². The van der Waals surface area contributed by atoms with Crippen LogP contribution in [0.3, 0.4) is 0 Å². The normalized spacial score (nSPS) is 16.1. The van der Waals surface area contributed by atoms with Crippen molar-refractivity contribution in [3.8, 4) is 11.5 Å². The number of amidine groups is 1. The number of aromatic nitrogens is 2. The monoisotopic (exact) mass is 528 g/mol. The van der Waals surface area contributed by atoms with Gasteiger partial charge >= 0.3 is 11.7 Å². The standard InChI is InChI=1S/C23H18F6N4O2S/c1-13-30-11-19(35-17-4-2-3-15(10-17)22(24,25)26)20(31-13)21-32-16(12-34-33-21)9-14-5-7-18(8-6-14)36-23(27,28)29/h2-8,10-11,16H,9,12H2,1H3,(H,32,33)/t16-/m1/s1. The number of rotatable bonds is 6. The van der Waals surface area contributed by atoms with Gasteiger partial charge in [-0.1, -0.05) is 23.4 Å². The van der Waals surface area contributed by atoms with Crippen LogP contribution in [-0.2, 0) is 17.4 Å². The average Bonchev–Trinajstić information content (AvgIpc) is 2.80. The van der Waals surface area contributed by atoms with Crippen molar-refractivity contribution >= 4 is 17.6 Å². The lowest BCUT2D eigenvalue weighted by molar-refractivity contribution is -0.137. The zero-order valence-corrected chi connectivity index (χ0v) is 19.3. The van der Waals surface area contributed by atoms with Crippen molar-refractivity contribution in [3.05, 3.63) is 77.4 Å². The van der Waals surface area contributed by atoms with Crippen molar-refractivity contribution in [2.45, 2.75) is 36.0 Å². The number of thioether (sulfide) groups is 1. The molecule has 1 aliphatic rings. The van der Waals surface area contributed by atoms with Gasteiger partial charge < -0.3 is 14.9 Å². The maximum absolute atomic E-state index is 13.1. The van der Waals surface area contributed by atoms with Gasteiger partial charge in [-0.15, -0.1) is 0 Å². The van der Waals surface area contributed by atoms with Gasteiger partial charge in [0.25, 0.3) is 0 Å². The predicted molar refractivity (Wildman–Crippen MR) is 120 cm³/mol. The van der Waals surface area contributed by atoms with E-state index >= 15 is 0 Å². The molecule has 4 rings (SSSR count). The van der Waals surface area contributed by atoms with Crippen molar-refractivity contribution in [2.75, 3.05) is 6.61 Å². The third-order valence-corrected chi connectivity index (χ3v) is 5.64. The number of aryl methyl sites for hydroxylation is 1. The lowest BCUT2D eigenvalue weighted by Gasteiger charge is -2.24. The largest absolute Gasteiger partial charge is 0.453 e. The van der Waals surface area contributed by atoms with Crippen molar-refractivity contribution in [2.24, 2.45) is 5.16 Å². The summed E-state index contributed by atoms with van der Waals surface area (Å²) < 4.78 is 82.5. The molecule has 0 unspecified atom stereocenters. The first kappa shape index (κ1) is 25.6. The smallest absolute Gasteiger partial charge is 0.446 e. The molecule has 1 aliphatic heterocycles. The fourth-order valence-corrected chi connectivity index (χ4v) is 3.89. The van der Waals surface area contributed by atoms with Gasteiger partial charge in [0.05, 0.1) is 17.8 Å². The second kappa shape index (κ2) is 10.2. The summed E-state index contributed by atoms with van der Waals surface area (Å²) in [4.78, 5) is 13.8. The van der Waals surface area contributed by atoms with Gasteiger partial charge in [0, 0.05) is 4.90 Å². The van der Waals surface area contributed by atoms with Crippen LogP contribution >= 0.6 is 11.8 Å². The first-order valence-corrected chi connectivity index (χ1v) is 11.3. The van der Waals surface area contributed by atoms with Crippen LogP contribution in [0.1, 0.15) is 22.6 Å². The van der Waals surface area contributed by atoms with E-state index in [0.29, 0.717) is 12.2 Å². The van der Waals surface area contributed by atoms with Crippen molar-refractivity contribution in [1.29, 1.82) is 0 Å². The molecule has 190 valence electrons. The van der Waals surface area contributed by atoms with Crippen LogP contribution in [0.15, 0.2) is 64.8 Å². The van der Waals surface area contributed by atoms with Crippen molar-refractivity contribution in [3.63, 3.8) is 0 Å². The van der Waals surface area contributed by atoms with Crippen LogP contribution in [0.4, 0.5) is 26.3 Å². The molecular weight excluding hydrogens is 510 g/mol. The van der Waals surface area contributed by atoms with Crippen LogP contribution in [0.5, 0.6) is 11.5 Å². The van der Waals surface area contributed by atoms with E-state index in [2.05, 4.69) is 20.4 Å². The minimum Gasteiger partial charge on any atom is -0.453 e. The molecule has 0 saturated heterocycles. The minimum atomic E-state index is -4.54. The molecule has 0 spiro atoms. The van der Waals surface area contributed by atoms with Gasteiger partial charge in [-0.05, 0) is 61.0 Å². The Hall–Kier alpha value is -3.48. The summed E-state index contributed by atoms with van der Waals surface area (Å²) in [6, 6.07) is 10.0. The van der Waals surface area contributed by atoms with Gasteiger partial charge in [-0.2, -0.15) is 26.3 Å². The highest BCUT2D eigenvalue weighted by Gasteiger charge is 2.31. The molecule has 2 aromatic carbocycles. The second-order valence-electron chi connectivity index (χ2n) is 7.73. The number of halogens is 6. The molecular formula is C23H18F6N4O2S. The summed E-state index contributed by atoms with van der Waals surface area (Å²) in [6.07, 6.45) is -2.81. The zero-order valence-electron chi connectivity index (χ0n) is 18.5. The summed E-state index contributed by atoms with van der Waals surface area (Å²) in [7, 11) is 0. The Morgan fingerprint density at radius 3 is 2.53 bits per heavy atom. The Balaban J connectivity index is 1.50. The van der Waals surface area contributed by atoms with Crippen molar-refractivity contribution in [1.82, 2.24) is 15.3 Å². The Morgan fingerprint density at radius 1 is 1.08 bits per heavy atom. The number of alkyl halides is 6. The van der Waals surface area contributed by atoms with Gasteiger partial charge in [-0.3, -0.25) is 0 Å². The van der Waals surface area contributed by atoms with Gasteiger partial charge in [0.2, 0.25) is 0 Å². The summed E-state index contributed by atoms with van der Waals surface area (Å²) >= 11 is -0.191. The summed E-state index contributed by atoms with van der Waals surface area (Å²) in [5.74, 6) is 0.543. The highest BCUT2D eigenvalue weighted by Crippen LogP contribution is 2.37. The highest BCUT2D eigenvalue weighted by atomic mass is 32.2. The maximum Gasteiger partial charge on any atom is 0.446 e.